The van der Waals surface area contributed by atoms with E-state index < -0.39 is 45.2 Å². The molecular formula is C29H25Cl2IN2O7. The first kappa shape index (κ1) is 28.3. The molecule has 6 rings (SSSR count). The van der Waals surface area contributed by atoms with Crippen molar-refractivity contribution in [2.45, 2.75) is 28.5 Å². The minimum atomic E-state index is -1.95. The van der Waals surface area contributed by atoms with Crippen LogP contribution in [0.25, 0.3) is 0 Å². The second-order valence-electron chi connectivity index (χ2n) is 10.8. The van der Waals surface area contributed by atoms with E-state index in [1.165, 1.54) is 38.3 Å². The average molecular weight is 711 g/mol. The number of phenols is 1. The maximum absolute atomic E-state index is 14.0. The number of halogens is 3. The van der Waals surface area contributed by atoms with Crippen molar-refractivity contribution >= 4 is 75.1 Å². The number of carbonyl (C=O) groups is 4. The third-order valence-electron chi connectivity index (χ3n) is 8.93. The number of rotatable bonds is 4. The second kappa shape index (κ2) is 9.60. The van der Waals surface area contributed by atoms with Crippen LogP contribution >= 0.6 is 45.8 Å². The minimum absolute atomic E-state index is 0.0679. The summed E-state index contributed by atoms with van der Waals surface area (Å²) in [6.45, 7) is 0. The van der Waals surface area contributed by atoms with Crippen LogP contribution in [0.15, 0.2) is 48.0 Å². The molecule has 41 heavy (non-hydrogen) atoms. The molecule has 6 unspecified atom stereocenters. The van der Waals surface area contributed by atoms with E-state index in [4.69, 9.17) is 32.7 Å². The number of aromatic hydroxyl groups is 1. The summed E-state index contributed by atoms with van der Waals surface area (Å²) in [6.07, 6.45) is 1.98. The van der Waals surface area contributed by atoms with E-state index in [1.54, 1.807) is 12.1 Å². The molecule has 2 aliphatic carbocycles. The number of carbonyl (C=O) groups excluding carboxylic acids is 4. The topological polar surface area (TPSA) is 113 Å². The van der Waals surface area contributed by atoms with Crippen LogP contribution in [-0.2, 0) is 19.2 Å². The lowest BCUT2D eigenvalue weighted by molar-refractivity contribution is -0.138. The lowest BCUT2D eigenvalue weighted by Crippen LogP contribution is -2.60. The predicted molar refractivity (Wildman–Crippen MR) is 158 cm³/mol. The maximum atomic E-state index is 14.0. The summed E-state index contributed by atoms with van der Waals surface area (Å²) in [6, 6.07) is 10.1. The summed E-state index contributed by atoms with van der Waals surface area (Å²) < 4.78 is 11.7. The Hall–Kier alpha value is -2.83. The number of phenolic OH excluding ortho intramolecular Hbond substituents is 1. The smallest absolute Gasteiger partial charge is 0.253 e. The highest BCUT2D eigenvalue weighted by Crippen LogP contribution is 2.66. The van der Waals surface area contributed by atoms with Gasteiger partial charge in [0.15, 0.2) is 21.2 Å². The first-order valence-corrected chi connectivity index (χ1v) is 14.7. The molecule has 214 valence electrons. The molecular weight excluding hydrogens is 686 g/mol. The molecule has 2 saturated heterocycles. The van der Waals surface area contributed by atoms with Crippen molar-refractivity contribution in [2.75, 3.05) is 26.2 Å². The summed E-state index contributed by atoms with van der Waals surface area (Å²) in [5.74, 6) is -5.30. The van der Waals surface area contributed by atoms with Crippen LogP contribution in [0.5, 0.6) is 17.2 Å². The van der Waals surface area contributed by atoms with Gasteiger partial charge in [-0.25, -0.2) is 0 Å². The number of ether oxygens (including phenoxy) is 2. The molecule has 2 heterocycles. The molecule has 2 aromatic carbocycles. The van der Waals surface area contributed by atoms with Gasteiger partial charge in [0.25, 0.3) is 11.8 Å². The van der Waals surface area contributed by atoms with Gasteiger partial charge >= 0.3 is 0 Å². The first-order valence-electron chi connectivity index (χ1n) is 12.9. The van der Waals surface area contributed by atoms with Crippen molar-refractivity contribution in [3.8, 4) is 17.2 Å². The van der Waals surface area contributed by atoms with E-state index in [0.717, 1.165) is 8.47 Å². The molecule has 4 aliphatic rings. The Morgan fingerprint density at radius 3 is 2.15 bits per heavy atom. The van der Waals surface area contributed by atoms with Gasteiger partial charge in [0.1, 0.15) is 0 Å². The van der Waals surface area contributed by atoms with Gasteiger partial charge in [-0.2, -0.15) is 0 Å². The Labute approximate surface area is 259 Å². The molecule has 12 heteroatoms. The molecule has 6 atom stereocenters. The Balaban J connectivity index is 1.54. The number of hydrogen-bond donors (Lipinski definition) is 1. The SMILES string of the molecule is COc1cc(C2C3=CCC4C(=O)N(c5ccc(I)cc5)C(=O)C4C3CC3(Cl)C(=O)N(C)C(=O)C23Cl)cc(OC)c1O. The highest BCUT2D eigenvalue weighted by molar-refractivity contribution is 14.1. The highest BCUT2D eigenvalue weighted by atomic mass is 127. The standard InChI is InChI=1S/C29H25Cl2IN2O7/c1-33-26(38)28(30)12-18-16(8-9-17-21(18)25(37)34(24(17)36)15-6-4-14(32)5-7-15)22(29(28,31)27(33)39)13-10-19(40-2)23(35)20(11-13)41-3/h4-8,10-11,17-18,21-22,35H,9,12H2,1-3H3. The first-order chi connectivity index (χ1) is 19.4. The molecule has 0 radical (unpaired) electrons. The fourth-order valence-electron chi connectivity index (χ4n) is 7.04. The third-order valence-corrected chi connectivity index (χ3v) is 11.1. The van der Waals surface area contributed by atoms with Crippen LogP contribution in [0.4, 0.5) is 5.69 Å². The number of anilines is 1. The number of methoxy groups -OCH3 is 2. The molecule has 0 bridgehead atoms. The molecule has 1 N–H and O–H groups in total. The number of hydrogen-bond acceptors (Lipinski definition) is 7. The van der Waals surface area contributed by atoms with Crippen LogP contribution in [0.2, 0.25) is 0 Å². The number of amides is 4. The zero-order valence-electron chi connectivity index (χ0n) is 22.2. The molecule has 2 aliphatic heterocycles. The summed E-state index contributed by atoms with van der Waals surface area (Å²) in [5.41, 5.74) is 1.51. The van der Waals surface area contributed by atoms with E-state index in [9.17, 15) is 24.3 Å². The van der Waals surface area contributed by atoms with E-state index >= 15 is 0 Å². The lowest BCUT2D eigenvalue weighted by atomic mass is 9.56. The number of allylic oxidation sites excluding steroid dienone is 2. The Kier molecular flexibility index (Phi) is 6.63. The third kappa shape index (κ3) is 3.65. The minimum Gasteiger partial charge on any atom is -0.502 e. The Bertz CT molecular complexity index is 1540. The van der Waals surface area contributed by atoms with Crippen LogP contribution in [0.1, 0.15) is 24.3 Å². The van der Waals surface area contributed by atoms with Gasteiger partial charge < -0.3 is 14.6 Å². The number of imide groups is 2. The summed E-state index contributed by atoms with van der Waals surface area (Å²) in [5, 5.41) is 10.6. The number of alkyl halides is 2. The summed E-state index contributed by atoms with van der Waals surface area (Å²) >= 11 is 16.6. The largest absolute Gasteiger partial charge is 0.502 e. The summed E-state index contributed by atoms with van der Waals surface area (Å²) in [4.78, 5) is 53.3. The maximum Gasteiger partial charge on any atom is 0.253 e. The molecule has 2 aromatic rings. The van der Waals surface area contributed by atoms with Crippen molar-refractivity contribution in [3.05, 3.63) is 57.2 Å². The molecule has 1 saturated carbocycles. The fourth-order valence-corrected chi connectivity index (χ4v) is 8.42. The molecule has 9 nitrogen and oxygen atoms in total. The monoisotopic (exact) mass is 710 g/mol. The molecule has 3 fully saturated rings. The van der Waals surface area contributed by atoms with Gasteiger partial charge in [-0.1, -0.05) is 11.6 Å². The molecule has 0 spiro atoms. The van der Waals surface area contributed by atoms with Crippen molar-refractivity contribution in [3.63, 3.8) is 0 Å². The van der Waals surface area contributed by atoms with Gasteiger partial charge in [-0.05, 0) is 83.3 Å². The average Bonchev–Trinajstić information content (AvgIpc) is 3.28. The number of nitrogens with zero attached hydrogens (tertiary/aromatic N) is 2. The Morgan fingerprint density at radius 1 is 0.951 bits per heavy atom. The van der Waals surface area contributed by atoms with E-state index in [1.807, 2.05) is 18.2 Å². The van der Waals surface area contributed by atoms with Crippen LogP contribution in [0, 0.1) is 21.3 Å². The van der Waals surface area contributed by atoms with Gasteiger partial charge in [-0.15, -0.1) is 23.2 Å². The van der Waals surface area contributed by atoms with Crippen molar-refractivity contribution in [2.24, 2.45) is 17.8 Å². The normalized spacial score (nSPS) is 32.5. The second-order valence-corrected chi connectivity index (χ2v) is 13.2. The zero-order valence-corrected chi connectivity index (χ0v) is 25.9. The Morgan fingerprint density at radius 2 is 1.56 bits per heavy atom. The van der Waals surface area contributed by atoms with Crippen molar-refractivity contribution in [1.29, 1.82) is 0 Å². The van der Waals surface area contributed by atoms with E-state index in [2.05, 4.69) is 22.6 Å². The van der Waals surface area contributed by atoms with Crippen LogP contribution in [-0.4, -0.2) is 64.7 Å². The predicted octanol–water partition coefficient (Wildman–Crippen LogP) is 4.21. The quantitative estimate of drug-likeness (QED) is 0.219. The van der Waals surface area contributed by atoms with Gasteiger partial charge in [0, 0.05) is 16.5 Å². The van der Waals surface area contributed by atoms with Crippen molar-refractivity contribution in [1.82, 2.24) is 4.90 Å². The fraction of sp³-hybridized carbons (Fsp3) is 0.379. The number of likely N-dealkylation sites (tertiary alicyclic amines) is 1. The van der Waals surface area contributed by atoms with E-state index in [-0.39, 0.29) is 41.9 Å². The van der Waals surface area contributed by atoms with Gasteiger partial charge in [-0.3, -0.25) is 29.0 Å². The van der Waals surface area contributed by atoms with Gasteiger partial charge in [0.2, 0.25) is 17.6 Å². The van der Waals surface area contributed by atoms with Crippen molar-refractivity contribution < 1.29 is 33.8 Å². The number of fused-ring (bicyclic) bond motifs is 4. The lowest BCUT2D eigenvalue weighted by Gasteiger charge is -2.50. The molecule has 0 aromatic heterocycles. The van der Waals surface area contributed by atoms with Gasteiger partial charge in [0.05, 0.1) is 31.7 Å². The van der Waals surface area contributed by atoms with Crippen LogP contribution in [0.3, 0.4) is 0 Å². The number of benzene rings is 2. The van der Waals surface area contributed by atoms with Crippen LogP contribution < -0.4 is 14.4 Å². The highest BCUT2D eigenvalue weighted by Gasteiger charge is 2.76. The zero-order chi connectivity index (χ0) is 29.6. The molecule has 4 amide bonds. The summed E-state index contributed by atoms with van der Waals surface area (Å²) in [7, 11) is 4.07. The van der Waals surface area contributed by atoms with E-state index in [0.29, 0.717) is 16.8 Å².